The second-order valence-corrected chi connectivity index (χ2v) is 7.27. The van der Waals surface area contributed by atoms with Gasteiger partial charge in [-0.2, -0.15) is 5.10 Å². The van der Waals surface area contributed by atoms with Crippen molar-refractivity contribution >= 4 is 44.1 Å². The van der Waals surface area contributed by atoms with E-state index in [1.165, 1.54) is 18.2 Å². The number of halogens is 3. The molecule has 0 unspecified atom stereocenters. The number of H-pyrrole nitrogens is 1. The number of aromatic amines is 1. The molecule has 2 heterocycles. The fourth-order valence-corrected chi connectivity index (χ4v) is 3.43. The van der Waals surface area contributed by atoms with Gasteiger partial charge >= 0.3 is 0 Å². The van der Waals surface area contributed by atoms with Gasteiger partial charge in [-0.25, -0.2) is 9.24 Å². The molecule has 2 aromatic carbocycles. The Balaban J connectivity index is 1.70. The number of benzene rings is 2. The lowest BCUT2D eigenvalue weighted by Crippen LogP contribution is -1.98. The van der Waals surface area contributed by atoms with Crippen LogP contribution in [0.3, 0.4) is 0 Å². The number of rotatable bonds is 4. The number of nitrogens with one attached hydrogen (secondary N) is 1. The Kier molecular flexibility index (Phi) is 4.99. The summed E-state index contributed by atoms with van der Waals surface area (Å²) in [5, 5.41) is 8.32. The van der Waals surface area contributed by atoms with Gasteiger partial charge in [0.05, 0.1) is 16.6 Å². The van der Waals surface area contributed by atoms with Gasteiger partial charge < -0.3 is 4.74 Å². The van der Waals surface area contributed by atoms with Crippen LogP contribution < -0.4 is 4.74 Å². The first kappa shape index (κ1) is 18.4. The summed E-state index contributed by atoms with van der Waals surface area (Å²) in [6.45, 7) is 7.12. The summed E-state index contributed by atoms with van der Waals surface area (Å²) in [7, 11) is 0. The summed E-state index contributed by atoms with van der Waals surface area (Å²) in [4.78, 5) is 7.44. The number of nitrogens with zero attached hydrogens (tertiary/aromatic N) is 3. The molecule has 0 aliphatic carbocycles. The Bertz CT molecular complexity index is 1230. The number of hydrogen-bond acceptors (Lipinski definition) is 3. The van der Waals surface area contributed by atoms with Crippen LogP contribution in [0, 0.1) is 12.4 Å². The molecule has 0 atom stereocenters. The van der Waals surface area contributed by atoms with Crippen LogP contribution in [0.25, 0.3) is 15.7 Å². The van der Waals surface area contributed by atoms with Crippen LogP contribution in [0.2, 0.25) is 5.02 Å². The number of aromatic nitrogens is 3. The van der Waals surface area contributed by atoms with Gasteiger partial charge in [0.15, 0.2) is 17.3 Å². The maximum absolute atomic E-state index is 15.2. The molecular weight excluding hydrogens is 447 g/mol. The van der Waals surface area contributed by atoms with Gasteiger partial charge in [0.2, 0.25) is 0 Å². The molecule has 0 saturated carbocycles. The summed E-state index contributed by atoms with van der Waals surface area (Å²) in [6.07, 6.45) is 3.64. The smallest absolute Gasteiger partial charge is 0.192 e. The highest BCUT2D eigenvalue weighted by atomic mass is 79.9. The van der Waals surface area contributed by atoms with Crippen molar-refractivity contribution in [3.63, 3.8) is 0 Å². The van der Waals surface area contributed by atoms with Crippen LogP contribution >= 0.6 is 27.5 Å². The third-order valence-corrected chi connectivity index (χ3v) is 4.98. The summed E-state index contributed by atoms with van der Waals surface area (Å²) in [6, 6.07) is 9.73. The second-order valence-electron chi connectivity index (χ2n) is 5.98. The molecule has 0 aliphatic heterocycles. The molecule has 0 fully saturated rings. The molecule has 0 radical (unpaired) electrons. The Morgan fingerprint density at radius 3 is 2.93 bits per heavy atom. The zero-order chi connectivity index (χ0) is 19.7. The zero-order valence-corrected chi connectivity index (χ0v) is 16.6. The van der Waals surface area contributed by atoms with E-state index in [1.807, 2.05) is 0 Å². The largest absolute Gasteiger partial charge is 0.454 e. The van der Waals surface area contributed by atoms with Gasteiger partial charge in [-0.3, -0.25) is 10.1 Å². The Labute approximate surface area is 173 Å². The molecular formula is C20H11BrClFN4O. The van der Waals surface area contributed by atoms with E-state index in [-0.39, 0.29) is 11.5 Å². The molecule has 0 saturated heterocycles. The topological polar surface area (TPSA) is 55.2 Å². The van der Waals surface area contributed by atoms with Crippen LogP contribution in [0.5, 0.6) is 11.5 Å². The van der Waals surface area contributed by atoms with Crippen LogP contribution in [-0.2, 0) is 6.42 Å². The molecule has 138 valence electrons. The maximum atomic E-state index is 15.2. The lowest BCUT2D eigenvalue weighted by atomic mass is 10.1. The molecule has 2 aromatic heterocycles. The van der Waals surface area contributed by atoms with E-state index in [9.17, 15) is 0 Å². The lowest BCUT2D eigenvalue weighted by molar-refractivity contribution is 0.436. The average molecular weight is 458 g/mol. The molecule has 28 heavy (non-hydrogen) atoms. The van der Waals surface area contributed by atoms with Crippen LogP contribution in [0.4, 0.5) is 10.1 Å². The highest BCUT2D eigenvalue weighted by Crippen LogP contribution is 2.37. The first-order valence-corrected chi connectivity index (χ1v) is 9.32. The number of hydrogen-bond donors (Lipinski definition) is 1. The third-order valence-electron chi connectivity index (χ3n) is 4.14. The van der Waals surface area contributed by atoms with Gasteiger partial charge in [-0.05, 0) is 51.8 Å². The van der Waals surface area contributed by atoms with E-state index in [4.69, 9.17) is 22.9 Å². The number of fused-ring (bicyclic) bond motifs is 1. The normalized spacial score (nSPS) is 10.8. The van der Waals surface area contributed by atoms with Crippen molar-refractivity contribution in [1.29, 1.82) is 0 Å². The van der Waals surface area contributed by atoms with E-state index in [2.05, 4.69) is 36.0 Å². The van der Waals surface area contributed by atoms with Gasteiger partial charge in [-0.15, -0.1) is 0 Å². The first-order valence-electron chi connectivity index (χ1n) is 8.15. The molecule has 4 rings (SSSR count). The Hall–Kier alpha value is -2.95. The molecule has 0 bridgehead atoms. The monoisotopic (exact) mass is 456 g/mol. The molecule has 0 aliphatic rings. The SMILES string of the molecule is [C-]#[N+]c1cc(Cl)cc(Oc2c(Br)ccc(Cc3[nH]nc4ccncc34)c2F)c1. The quantitative estimate of drug-likeness (QED) is 0.358. The summed E-state index contributed by atoms with van der Waals surface area (Å²) < 4.78 is 21.4. The van der Waals surface area contributed by atoms with Crippen molar-refractivity contribution in [2.75, 3.05) is 0 Å². The second kappa shape index (κ2) is 7.58. The molecule has 0 amide bonds. The minimum absolute atomic E-state index is 0.0256. The number of ether oxygens (including phenoxy) is 1. The van der Waals surface area contributed by atoms with Gasteiger partial charge in [0.1, 0.15) is 5.75 Å². The van der Waals surface area contributed by atoms with E-state index < -0.39 is 5.82 Å². The van der Waals surface area contributed by atoms with Crippen molar-refractivity contribution in [2.45, 2.75) is 6.42 Å². The zero-order valence-electron chi connectivity index (χ0n) is 14.2. The average Bonchev–Trinajstić information content (AvgIpc) is 3.10. The van der Waals surface area contributed by atoms with Gasteiger partial charge in [-0.1, -0.05) is 17.7 Å². The summed E-state index contributed by atoms with van der Waals surface area (Å²) in [5.74, 6) is -0.200. The highest BCUT2D eigenvalue weighted by molar-refractivity contribution is 9.10. The van der Waals surface area contributed by atoms with Crippen molar-refractivity contribution in [2.24, 2.45) is 0 Å². The Morgan fingerprint density at radius 2 is 2.11 bits per heavy atom. The first-order chi connectivity index (χ1) is 13.5. The van der Waals surface area contributed by atoms with E-state index in [1.54, 1.807) is 30.6 Å². The van der Waals surface area contributed by atoms with Crippen molar-refractivity contribution in [3.05, 3.63) is 86.8 Å². The standard InChI is InChI=1S/C20H11BrClFN4O/c1-24-13-7-12(22)8-14(9-13)28-20-16(21)3-2-11(19(20)23)6-18-15-10-25-5-4-17(15)26-27-18/h2-5,7-10H,6H2,(H,26,27). The third kappa shape index (κ3) is 3.57. The lowest BCUT2D eigenvalue weighted by Gasteiger charge is -2.12. The fourth-order valence-electron chi connectivity index (χ4n) is 2.82. The van der Waals surface area contributed by atoms with E-state index in [0.29, 0.717) is 27.2 Å². The molecule has 4 aromatic rings. The fraction of sp³-hybridized carbons (Fsp3) is 0.0500. The molecule has 1 N–H and O–H groups in total. The molecule has 8 heteroatoms. The van der Waals surface area contributed by atoms with E-state index >= 15 is 4.39 Å². The van der Waals surface area contributed by atoms with Crippen molar-refractivity contribution in [3.8, 4) is 11.5 Å². The van der Waals surface area contributed by atoms with Crippen LogP contribution in [0.15, 0.2) is 53.3 Å². The minimum atomic E-state index is -0.509. The minimum Gasteiger partial charge on any atom is -0.454 e. The predicted octanol–water partition coefficient (Wildman–Crippen LogP) is 6.45. The van der Waals surface area contributed by atoms with E-state index in [0.717, 1.165) is 16.6 Å². The maximum Gasteiger partial charge on any atom is 0.192 e. The van der Waals surface area contributed by atoms with Crippen molar-refractivity contribution in [1.82, 2.24) is 15.2 Å². The molecule has 0 spiro atoms. The van der Waals surface area contributed by atoms with Gasteiger partial charge in [0, 0.05) is 34.9 Å². The van der Waals surface area contributed by atoms with Crippen LogP contribution in [-0.4, -0.2) is 15.2 Å². The predicted molar refractivity (Wildman–Crippen MR) is 109 cm³/mol. The molecule has 5 nitrogen and oxygen atoms in total. The van der Waals surface area contributed by atoms with Gasteiger partial charge in [0.25, 0.3) is 0 Å². The van der Waals surface area contributed by atoms with Crippen LogP contribution in [0.1, 0.15) is 11.3 Å². The Morgan fingerprint density at radius 1 is 1.25 bits per heavy atom. The number of pyridine rings is 1. The van der Waals surface area contributed by atoms with Crippen molar-refractivity contribution < 1.29 is 9.13 Å². The summed E-state index contributed by atoms with van der Waals surface area (Å²) >= 11 is 9.33. The highest BCUT2D eigenvalue weighted by Gasteiger charge is 2.17. The summed E-state index contributed by atoms with van der Waals surface area (Å²) in [5.41, 5.74) is 2.27.